The van der Waals surface area contributed by atoms with Crippen molar-refractivity contribution in [1.29, 1.82) is 0 Å². The number of hydrogen-bond acceptors (Lipinski definition) is 2. The van der Waals surface area contributed by atoms with Gasteiger partial charge in [0.25, 0.3) is 5.91 Å². The Morgan fingerprint density at radius 1 is 1.30 bits per heavy atom. The fourth-order valence-corrected chi connectivity index (χ4v) is 3.67. The Balaban J connectivity index is 0.00000147. The second-order valence-corrected chi connectivity index (χ2v) is 6.23. The van der Waals surface area contributed by atoms with E-state index in [4.69, 9.17) is 0 Å². The summed E-state index contributed by atoms with van der Waals surface area (Å²) in [5.74, 6) is -0.806. The van der Waals surface area contributed by atoms with Gasteiger partial charge in [0.05, 0.1) is 5.56 Å². The smallest absolute Gasteiger partial charge is 0.255 e. The van der Waals surface area contributed by atoms with Crippen LogP contribution in [0.3, 0.4) is 0 Å². The summed E-state index contributed by atoms with van der Waals surface area (Å²) in [4.78, 5) is 12.2. The third-order valence-corrected chi connectivity index (χ3v) is 4.66. The average molecular weight is 364 g/mol. The highest BCUT2D eigenvalue weighted by Crippen LogP contribution is 2.27. The molecule has 2 aliphatic heterocycles. The van der Waals surface area contributed by atoms with Gasteiger partial charge in [0.15, 0.2) is 0 Å². The van der Waals surface area contributed by atoms with Gasteiger partial charge >= 0.3 is 0 Å². The Kier molecular flexibility index (Phi) is 5.04. The van der Waals surface area contributed by atoms with E-state index >= 15 is 0 Å². The van der Waals surface area contributed by atoms with Gasteiger partial charge in [-0.2, -0.15) is 0 Å². The molecular weight excluding hydrogens is 347 g/mol. The van der Waals surface area contributed by atoms with Crippen molar-refractivity contribution in [2.24, 2.45) is 0 Å². The first-order chi connectivity index (χ1) is 9.13. The summed E-state index contributed by atoms with van der Waals surface area (Å²) < 4.78 is 14.2. The summed E-state index contributed by atoms with van der Waals surface area (Å²) in [5.41, 5.74) is 0.105. The zero-order valence-corrected chi connectivity index (χ0v) is 13.3. The van der Waals surface area contributed by atoms with Crippen LogP contribution >= 0.6 is 28.3 Å². The van der Waals surface area contributed by atoms with Crippen molar-refractivity contribution in [2.45, 2.75) is 43.8 Å². The molecule has 0 aliphatic carbocycles. The average Bonchev–Trinajstić information content (AvgIpc) is 2.68. The van der Waals surface area contributed by atoms with E-state index in [-0.39, 0.29) is 29.9 Å². The van der Waals surface area contributed by atoms with Gasteiger partial charge in [-0.3, -0.25) is 4.79 Å². The zero-order chi connectivity index (χ0) is 13.4. The van der Waals surface area contributed by atoms with E-state index in [1.807, 2.05) is 0 Å². The van der Waals surface area contributed by atoms with Gasteiger partial charge in [-0.15, -0.1) is 12.4 Å². The first kappa shape index (κ1) is 15.7. The van der Waals surface area contributed by atoms with Crippen LogP contribution in [-0.2, 0) is 0 Å². The Bertz CT molecular complexity index is 482. The molecule has 2 N–H and O–H groups in total. The van der Waals surface area contributed by atoms with Crippen LogP contribution in [0.2, 0.25) is 0 Å². The van der Waals surface area contributed by atoms with Gasteiger partial charge in [0, 0.05) is 22.6 Å². The molecule has 1 amide bonds. The van der Waals surface area contributed by atoms with Crippen molar-refractivity contribution in [2.75, 3.05) is 0 Å². The molecule has 2 unspecified atom stereocenters. The van der Waals surface area contributed by atoms with Gasteiger partial charge in [-0.25, -0.2) is 4.39 Å². The quantitative estimate of drug-likeness (QED) is 0.848. The summed E-state index contributed by atoms with van der Waals surface area (Å²) in [7, 11) is 0. The first-order valence-electron chi connectivity index (χ1n) is 6.64. The number of rotatable bonds is 2. The predicted octanol–water partition coefficient (Wildman–Crippen LogP) is 3.02. The van der Waals surface area contributed by atoms with Crippen LogP contribution in [0, 0.1) is 5.82 Å². The highest BCUT2D eigenvalue weighted by molar-refractivity contribution is 9.10. The van der Waals surface area contributed by atoms with Crippen molar-refractivity contribution in [1.82, 2.24) is 10.6 Å². The van der Waals surface area contributed by atoms with E-state index in [1.54, 1.807) is 12.1 Å². The molecule has 0 aromatic heterocycles. The van der Waals surface area contributed by atoms with Crippen molar-refractivity contribution in [3.63, 3.8) is 0 Å². The standard InChI is InChI=1S/C14H16BrFN2O.ClH/c15-11-2-1-3-12(16)13(11)14(19)18-10-6-8-4-5-9(7-10)17-8;/h1-3,8-10,17H,4-7H2,(H,18,19);1H. The third-order valence-electron chi connectivity index (χ3n) is 4.00. The van der Waals surface area contributed by atoms with E-state index in [1.165, 1.54) is 18.9 Å². The lowest BCUT2D eigenvalue weighted by Crippen LogP contribution is -2.48. The normalized spacial score (nSPS) is 27.8. The summed E-state index contributed by atoms with van der Waals surface area (Å²) in [6.45, 7) is 0. The maximum absolute atomic E-state index is 13.7. The van der Waals surface area contributed by atoms with Crippen LogP contribution in [0.15, 0.2) is 22.7 Å². The molecule has 2 saturated heterocycles. The minimum absolute atomic E-state index is 0. The highest BCUT2D eigenvalue weighted by atomic mass is 79.9. The number of carbonyl (C=O) groups is 1. The van der Waals surface area contributed by atoms with Crippen molar-refractivity contribution in [3.05, 3.63) is 34.1 Å². The molecule has 2 atom stereocenters. The van der Waals surface area contributed by atoms with Crippen LogP contribution < -0.4 is 10.6 Å². The number of benzene rings is 1. The second kappa shape index (κ2) is 6.41. The van der Waals surface area contributed by atoms with Crippen molar-refractivity contribution >= 4 is 34.2 Å². The maximum atomic E-state index is 13.7. The van der Waals surface area contributed by atoms with Crippen LogP contribution in [0.5, 0.6) is 0 Å². The Labute approximate surface area is 132 Å². The van der Waals surface area contributed by atoms with Crippen molar-refractivity contribution in [3.8, 4) is 0 Å². The fourth-order valence-electron chi connectivity index (χ4n) is 3.15. The van der Waals surface area contributed by atoms with Gasteiger partial charge in [-0.1, -0.05) is 6.07 Å². The Morgan fingerprint density at radius 2 is 1.95 bits per heavy atom. The number of piperidine rings is 1. The SMILES string of the molecule is Cl.O=C(NC1CC2CCC(C1)N2)c1c(F)cccc1Br. The number of halogens is 3. The molecule has 1 aromatic rings. The largest absolute Gasteiger partial charge is 0.349 e. The molecule has 3 rings (SSSR count). The molecule has 2 heterocycles. The van der Waals surface area contributed by atoms with Crippen molar-refractivity contribution < 1.29 is 9.18 Å². The van der Waals surface area contributed by atoms with Crippen LogP contribution in [0.4, 0.5) is 4.39 Å². The summed E-state index contributed by atoms with van der Waals surface area (Å²) in [6.07, 6.45) is 4.24. The van der Waals surface area contributed by atoms with Crippen LogP contribution in [-0.4, -0.2) is 24.0 Å². The molecule has 0 spiro atoms. The predicted molar refractivity (Wildman–Crippen MR) is 81.8 cm³/mol. The van der Waals surface area contributed by atoms with E-state index in [2.05, 4.69) is 26.6 Å². The van der Waals surface area contributed by atoms with Gasteiger partial charge in [-0.05, 0) is 53.7 Å². The number of nitrogens with one attached hydrogen (secondary N) is 2. The maximum Gasteiger partial charge on any atom is 0.255 e. The van der Waals surface area contributed by atoms with E-state index in [0.29, 0.717) is 16.6 Å². The Hall–Kier alpha value is -0.650. The van der Waals surface area contributed by atoms with E-state index < -0.39 is 5.82 Å². The lowest BCUT2D eigenvalue weighted by Gasteiger charge is -2.29. The highest BCUT2D eigenvalue weighted by Gasteiger charge is 2.34. The minimum atomic E-state index is -0.483. The summed E-state index contributed by atoms with van der Waals surface area (Å²) in [5, 5.41) is 6.49. The van der Waals surface area contributed by atoms with E-state index in [0.717, 1.165) is 12.8 Å². The number of fused-ring (bicyclic) bond motifs is 2. The van der Waals surface area contributed by atoms with Gasteiger partial charge in [0.2, 0.25) is 0 Å². The lowest BCUT2D eigenvalue weighted by atomic mass is 9.99. The summed E-state index contributed by atoms with van der Waals surface area (Å²) in [6, 6.07) is 5.75. The molecular formula is C14H17BrClFN2O. The third kappa shape index (κ3) is 3.15. The molecule has 6 heteroatoms. The second-order valence-electron chi connectivity index (χ2n) is 5.38. The van der Waals surface area contributed by atoms with Crippen LogP contribution in [0.25, 0.3) is 0 Å². The van der Waals surface area contributed by atoms with E-state index in [9.17, 15) is 9.18 Å². The molecule has 2 fully saturated rings. The Morgan fingerprint density at radius 3 is 2.55 bits per heavy atom. The molecule has 3 nitrogen and oxygen atoms in total. The van der Waals surface area contributed by atoms with Crippen LogP contribution in [0.1, 0.15) is 36.0 Å². The lowest BCUT2D eigenvalue weighted by molar-refractivity contribution is 0.0919. The first-order valence-corrected chi connectivity index (χ1v) is 7.43. The topological polar surface area (TPSA) is 41.1 Å². The molecule has 110 valence electrons. The minimum Gasteiger partial charge on any atom is -0.349 e. The zero-order valence-electron chi connectivity index (χ0n) is 10.9. The summed E-state index contributed by atoms with van der Waals surface area (Å²) >= 11 is 3.24. The molecule has 1 aromatic carbocycles. The van der Waals surface area contributed by atoms with Gasteiger partial charge in [0.1, 0.15) is 5.82 Å². The van der Waals surface area contributed by atoms with Gasteiger partial charge < -0.3 is 10.6 Å². The monoisotopic (exact) mass is 362 g/mol. The number of amides is 1. The molecule has 20 heavy (non-hydrogen) atoms. The molecule has 0 radical (unpaired) electrons. The molecule has 2 aliphatic rings. The fraction of sp³-hybridized carbons (Fsp3) is 0.500. The molecule has 0 saturated carbocycles. The number of hydrogen-bond donors (Lipinski definition) is 2. The molecule has 2 bridgehead atoms. The number of carbonyl (C=O) groups excluding carboxylic acids is 1.